The zero-order valence-corrected chi connectivity index (χ0v) is 10.3. The molecule has 1 unspecified atom stereocenters. The van der Waals surface area contributed by atoms with Gasteiger partial charge in [-0.2, -0.15) is 0 Å². The molecule has 0 saturated carbocycles. The zero-order chi connectivity index (χ0) is 9.68. The Bertz CT molecular complexity index is 247. The van der Waals surface area contributed by atoms with Gasteiger partial charge >= 0.3 is 0 Å². The van der Waals surface area contributed by atoms with Crippen LogP contribution < -0.4 is 5.73 Å². The lowest BCUT2D eigenvalue weighted by Gasteiger charge is -2.06. The summed E-state index contributed by atoms with van der Waals surface area (Å²) in [5, 5.41) is 0. The van der Waals surface area contributed by atoms with E-state index in [0.717, 1.165) is 12.8 Å². The van der Waals surface area contributed by atoms with Gasteiger partial charge in [-0.3, -0.25) is 0 Å². The average Bonchev–Trinajstić information content (AvgIpc) is 2.51. The highest BCUT2D eigenvalue weighted by atomic mass is 79.9. The standard InChI is InChI=1S/C10H16BrNS/c1-2-8(12)4-3-5-9-6-7-10(11)13-9/h6-8H,2-5,12H2,1H3. The van der Waals surface area contributed by atoms with Gasteiger partial charge in [-0.1, -0.05) is 6.92 Å². The third kappa shape index (κ3) is 4.25. The molecule has 0 fully saturated rings. The lowest BCUT2D eigenvalue weighted by atomic mass is 10.1. The van der Waals surface area contributed by atoms with Gasteiger partial charge < -0.3 is 5.73 Å². The lowest BCUT2D eigenvalue weighted by Crippen LogP contribution is -2.18. The number of thiophene rings is 1. The first-order valence-electron chi connectivity index (χ1n) is 4.72. The van der Waals surface area contributed by atoms with Gasteiger partial charge in [0.2, 0.25) is 0 Å². The number of rotatable bonds is 5. The average molecular weight is 262 g/mol. The van der Waals surface area contributed by atoms with Gasteiger partial charge in [-0.05, 0) is 53.7 Å². The van der Waals surface area contributed by atoms with Crippen molar-refractivity contribution in [3.8, 4) is 0 Å². The Labute approximate surface area is 92.5 Å². The highest BCUT2D eigenvalue weighted by Crippen LogP contribution is 2.23. The van der Waals surface area contributed by atoms with Crippen molar-refractivity contribution >= 4 is 27.3 Å². The van der Waals surface area contributed by atoms with Crippen molar-refractivity contribution in [3.63, 3.8) is 0 Å². The third-order valence-corrected chi connectivity index (χ3v) is 3.83. The van der Waals surface area contributed by atoms with E-state index in [-0.39, 0.29) is 0 Å². The third-order valence-electron chi connectivity index (χ3n) is 2.15. The van der Waals surface area contributed by atoms with E-state index < -0.39 is 0 Å². The lowest BCUT2D eigenvalue weighted by molar-refractivity contribution is 0.570. The van der Waals surface area contributed by atoms with Crippen molar-refractivity contribution in [1.82, 2.24) is 0 Å². The van der Waals surface area contributed by atoms with Crippen molar-refractivity contribution in [1.29, 1.82) is 0 Å². The fraction of sp³-hybridized carbons (Fsp3) is 0.600. The number of hydrogen-bond acceptors (Lipinski definition) is 2. The molecule has 1 heterocycles. The quantitative estimate of drug-likeness (QED) is 0.862. The Morgan fingerprint density at radius 3 is 2.85 bits per heavy atom. The van der Waals surface area contributed by atoms with Crippen LogP contribution in [0.15, 0.2) is 15.9 Å². The van der Waals surface area contributed by atoms with Gasteiger partial charge in [-0.25, -0.2) is 0 Å². The van der Waals surface area contributed by atoms with Crippen LogP contribution in [0.4, 0.5) is 0 Å². The van der Waals surface area contributed by atoms with E-state index in [0.29, 0.717) is 6.04 Å². The normalized spacial score (nSPS) is 13.2. The van der Waals surface area contributed by atoms with Crippen molar-refractivity contribution in [2.45, 2.75) is 38.6 Å². The number of nitrogens with two attached hydrogens (primary N) is 1. The summed E-state index contributed by atoms with van der Waals surface area (Å²) in [4.78, 5) is 1.45. The Morgan fingerprint density at radius 2 is 2.31 bits per heavy atom. The summed E-state index contributed by atoms with van der Waals surface area (Å²) in [5.74, 6) is 0. The van der Waals surface area contributed by atoms with Gasteiger partial charge in [-0.15, -0.1) is 11.3 Å². The highest BCUT2D eigenvalue weighted by Gasteiger charge is 2.01. The molecule has 0 amide bonds. The SMILES string of the molecule is CCC(N)CCCc1ccc(Br)s1. The molecule has 0 aliphatic rings. The van der Waals surface area contributed by atoms with Gasteiger partial charge in [0, 0.05) is 10.9 Å². The molecule has 0 aromatic carbocycles. The summed E-state index contributed by atoms with van der Waals surface area (Å²) in [6.45, 7) is 2.15. The molecule has 0 aliphatic heterocycles. The first kappa shape index (κ1) is 11.2. The molecule has 74 valence electrons. The molecule has 1 nitrogen and oxygen atoms in total. The fourth-order valence-corrected chi connectivity index (χ4v) is 2.75. The van der Waals surface area contributed by atoms with Crippen LogP contribution in [0.25, 0.3) is 0 Å². The predicted molar refractivity (Wildman–Crippen MR) is 63.2 cm³/mol. The van der Waals surface area contributed by atoms with E-state index in [1.165, 1.54) is 21.5 Å². The topological polar surface area (TPSA) is 26.0 Å². The van der Waals surface area contributed by atoms with Crippen molar-refractivity contribution < 1.29 is 0 Å². The van der Waals surface area contributed by atoms with Gasteiger partial charge in [0.15, 0.2) is 0 Å². The van der Waals surface area contributed by atoms with E-state index >= 15 is 0 Å². The maximum absolute atomic E-state index is 5.84. The van der Waals surface area contributed by atoms with Crippen LogP contribution in [-0.2, 0) is 6.42 Å². The van der Waals surface area contributed by atoms with Gasteiger partial charge in [0.1, 0.15) is 0 Å². The second kappa shape index (κ2) is 5.78. The summed E-state index contributed by atoms with van der Waals surface area (Å²) in [6.07, 6.45) is 4.62. The zero-order valence-electron chi connectivity index (χ0n) is 7.92. The van der Waals surface area contributed by atoms with Crippen LogP contribution in [-0.4, -0.2) is 6.04 Å². The maximum atomic E-state index is 5.84. The van der Waals surface area contributed by atoms with E-state index in [4.69, 9.17) is 5.73 Å². The molecule has 13 heavy (non-hydrogen) atoms. The van der Waals surface area contributed by atoms with Crippen molar-refractivity contribution in [2.75, 3.05) is 0 Å². The first-order chi connectivity index (χ1) is 6.22. The van der Waals surface area contributed by atoms with Crippen molar-refractivity contribution in [2.24, 2.45) is 5.73 Å². The molecule has 1 rings (SSSR count). The molecule has 1 aromatic heterocycles. The van der Waals surface area contributed by atoms with Crippen LogP contribution in [0, 0.1) is 0 Å². The second-order valence-corrected chi connectivity index (χ2v) is 5.81. The molecule has 0 aliphatic carbocycles. The Morgan fingerprint density at radius 1 is 1.54 bits per heavy atom. The first-order valence-corrected chi connectivity index (χ1v) is 6.33. The van der Waals surface area contributed by atoms with E-state index in [2.05, 4.69) is 35.0 Å². The van der Waals surface area contributed by atoms with Crippen molar-refractivity contribution in [3.05, 3.63) is 20.8 Å². The summed E-state index contributed by atoms with van der Waals surface area (Å²) in [5.41, 5.74) is 5.84. The minimum absolute atomic E-state index is 0.392. The Balaban J connectivity index is 2.20. The molecule has 3 heteroatoms. The summed E-state index contributed by atoms with van der Waals surface area (Å²) < 4.78 is 1.22. The van der Waals surface area contributed by atoms with Crippen LogP contribution in [0.2, 0.25) is 0 Å². The van der Waals surface area contributed by atoms with E-state index in [1.807, 2.05) is 11.3 Å². The smallest absolute Gasteiger partial charge is 0.0701 e. The molecular weight excluding hydrogens is 246 g/mol. The minimum Gasteiger partial charge on any atom is -0.328 e. The Kier molecular flexibility index (Phi) is 4.99. The molecule has 2 N–H and O–H groups in total. The minimum atomic E-state index is 0.392. The predicted octanol–water partition coefficient (Wildman–Crippen LogP) is 3.57. The second-order valence-electron chi connectivity index (χ2n) is 3.27. The van der Waals surface area contributed by atoms with Crippen LogP contribution in [0.5, 0.6) is 0 Å². The van der Waals surface area contributed by atoms with Crippen LogP contribution in [0.1, 0.15) is 31.1 Å². The molecule has 0 radical (unpaired) electrons. The molecule has 0 saturated heterocycles. The number of hydrogen-bond donors (Lipinski definition) is 1. The Hall–Kier alpha value is 0.140. The molecule has 0 spiro atoms. The summed E-state index contributed by atoms with van der Waals surface area (Å²) in [6, 6.07) is 4.69. The number of halogens is 1. The van der Waals surface area contributed by atoms with Gasteiger partial charge in [0.25, 0.3) is 0 Å². The van der Waals surface area contributed by atoms with Crippen LogP contribution >= 0.6 is 27.3 Å². The fourth-order valence-electron chi connectivity index (χ4n) is 1.23. The van der Waals surface area contributed by atoms with E-state index in [1.54, 1.807) is 0 Å². The molecule has 1 aromatic rings. The highest BCUT2D eigenvalue weighted by molar-refractivity contribution is 9.11. The summed E-state index contributed by atoms with van der Waals surface area (Å²) in [7, 11) is 0. The van der Waals surface area contributed by atoms with Gasteiger partial charge in [0.05, 0.1) is 3.79 Å². The summed E-state index contributed by atoms with van der Waals surface area (Å²) >= 11 is 5.28. The monoisotopic (exact) mass is 261 g/mol. The van der Waals surface area contributed by atoms with Crippen LogP contribution in [0.3, 0.4) is 0 Å². The molecular formula is C10H16BrNS. The largest absolute Gasteiger partial charge is 0.328 e. The molecule has 1 atom stereocenters. The number of aryl methyl sites for hydroxylation is 1. The van der Waals surface area contributed by atoms with E-state index in [9.17, 15) is 0 Å². The molecule has 0 bridgehead atoms. The maximum Gasteiger partial charge on any atom is 0.0701 e.